The van der Waals surface area contributed by atoms with Crippen LogP contribution < -0.4 is 5.32 Å². The van der Waals surface area contributed by atoms with E-state index in [9.17, 15) is 0 Å². The summed E-state index contributed by atoms with van der Waals surface area (Å²) in [6.45, 7) is 2.83. The molecule has 0 aliphatic heterocycles. The molecule has 2 rings (SSSR count). The number of rotatable bonds is 3. The van der Waals surface area contributed by atoms with Crippen molar-refractivity contribution in [3.8, 4) is 0 Å². The highest BCUT2D eigenvalue weighted by Gasteiger charge is 2.01. The number of halogens is 2. The molecule has 0 radical (unpaired) electrons. The minimum Gasteiger partial charge on any atom is -0.380 e. The van der Waals surface area contributed by atoms with Crippen LogP contribution in [0.15, 0.2) is 29.6 Å². The number of benzene rings is 1. The molecule has 2 aromatic rings. The van der Waals surface area contributed by atoms with Crippen molar-refractivity contribution in [2.75, 3.05) is 5.32 Å². The van der Waals surface area contributed by atoms with Crippen molar-refractivity contribution in [3.05, 3.63) is 50.1 Å². The lowest BCUT2D eigenvalue weighted by atomic mass is 10.2. The zero-order chi connectivity index (χ0) is 11.5. The van der Waals surface area contributed by atoms with Crippen molar-refractivity contribution >= 4 is 40.2 Å². The summed E-state index contributed by atoms with van der Waals surface area (Å²) in [5.41, 5.74) is 2.25. The van der Waals surface area contributed by atoms with Gasteiger partial charge < -0.3 is 5.32 Å². The summed E-state index contributed by atoms with van der Waals surface area (Å²) < 4.78 is 0. The molecule has 1 aromatic heterocycles. The normalized spacial score (nSPS) is 10.4. The molecule has 0 unspecified atom stereocenters. The Labute approximate surface area is 109 Å². The molecule has 0 atom stereocenters. The van der Waals surface area contributed by atoms with E-state index in [1.54, 1.807) is 11.3 Å². The molecular weight excluding hydrogens is 261 g/mol. The second-order valence-electron chi connectivity index (χ2n) is 3.54. The molecule has 84 valence electrons. The van der Waals surface area contributed by atoms with Gasteiger partial charge in [-0.05, 0) is 36.8 Å². The van der Waals surface area contributed by atoms with E-state index in [4.69, 9.17) is 23.2 Å². The first-order chi connectivity index (χ1) is 7.65. The number of nitrogens with one attached hydrogen (secondary N) is 1. The quantitative estimate of drug-likeness (QED) is 0.831. The second-order valence-corrected chi connectivity index (χ2v) is 5.41. The van der Waals surface area contributed by atoms with Gasteiger partial charge in [-0.2, -0.15) is 0 Å². The molecule has 1 heterocycles. The molecule has 1 aromatic carbocycles. The van der Waals surface area contributed by atoms with Crippen molar-refractivity contribution in [2.45, 2.75) is 13.5 Å². The SMILES string of the molecule is Cc1cc(Cl)ccc1NCc1cc(Cl)cs1. The average Bonchev–Trinajstić information content (AvgIpc) is 2.63. The first-order valence-corrected chi connectivity index (χ1v) is 6.51. The molecular formula is C12H11Cl2NS. The molecule has 0 aliphatic carbocycles. The van der Waals surface area contributed by atoms with E-state index in [0.717, 1.165) is 27.8 Å². The third kappa shape index (κ3) is 2.91. The molecule has 4 heteroatoms. The van der Waals surface area contributed by atoms with Crippen LogP contribution >= 0.6 is 34.5 Å². The highest BCUT2D eigenvalue weighted by molar-refractivity contribution is 7.10. The highest BCUT2D eigenvalue weighted by atomic mass is 35.5. The summed E-state index contributed by atoms with van der Waals surface area (Å²) in [5, 5.41) is 6.87. The fraction of sp³-hybridized carbons (Fsp3) is 0.167. The topological polar surface area (TPSA) is 12.0 Å². The predicted molar refractivity (Wildman–Crippen MR) is 72.8 cm³/mol. The van der Waals surface area contributed by atoms with Crippen LogP contribution in [0.4, 0.5) is 5.69 Å². The number of thiophene rings is 1. The Morgan fingerprint density at radius 3 is 2.62 bits per heavy atom. The maximum absolute atomic E-state index is 5.89. The Hall–Kier alpha value is -0.700. The minimum atomic E-state index is 0.766. The Morgan fingerprint density at radius 1 is 1.19 bits per heavy atom. The van der Waals surface area contributed by atoms with E-state index >= 15 is 0 Å². The maximum Gasteiger partial charge on any atom is 0.0516 e. The van der Waals surface area contributed by atoms with Gasteiger partial charge in [0.2, 0.25) is 0 Å². The summed E-state index contributed by atoms with van der Waals surface area (Å²) >= 11 is 13.4. The number of hydrogen-bond acceptors (Lipinski definition) is 2. The Balaban J connectivity index is 2.04. The molecule has 16 heavy (non-hydrogen) atoms. The molecule has 0 saturated heterocycles. The lowest BCUT2D eigenvalue weighted by molar-refractivity contribution is 1.18. The number of anilines is 1. The van der Waals surface area contributed by atoms with E-state index in [1.807, 2.05) is 36.6 Å². The number of aryl methyl sites for hydroxylation is 1. The van der Waals surface area contributed by atoms with Crippen LogP contribution in [0.25, 0.3) is 0 Å². The van der Waals surface area contributed by atoms with E-state index in [2.05, 4.69) is 5.32 Å². The minimum absolute atomic E-state index is 0.766. The van der Waals surface area contributed by atoms with Gasteiger partial charge in [-0.25, -0.2) is 0 Å². The van der Waals surface area contributed by atoms with Gasteiger partial charge in [-0.1, -0.05) is 23.2 Å². The van der Waals surface area contributed by atoms with Crippen LogP contribution in [-0.2, 0) is 6.54 Å². The average molecular weight is 272 g/mol. The van der Waals surface area contributed by atoms with E-state index in [-0.39, 0.29) is 0 Å². The van der Waals surface area contributed by atoms with E-state index < -0.39 is 0 Å². The maximum atomic E-state index is 5.89. The van der Waals surface area contributed by atoms with Gasteiger partial charge in [0, 0.05) is 27.5 Å². The summed E-state index contributed by atoms with van der Waals surface area (Å²) in [7, 11) is 0. The van der Waals surface area contributed by atoms with E-state index in [1.165, 1.54) is 4.88 Å². The van der Waals surface area contributed by atoms with Gasteiger partial charge >= 0.3 is 0 Å². The molecule has 0 fully saturated rings. The summed E-state index contributed by atoms with van der Waals surface area (Å²) in [6, 6.07) is 7.81. The predicted octanol–water partition coefficient (Wildman–Crippen LogP) is 4.98. The zero-order valence-electron chi connectivity index (χ0n) is 8.76. The van der Waals surface area contributed by atoms with Crippen molar-refractivity contribution in [1.29, 1.82) is 0 Å². The lowest BCUT2D eigenvalue weighted by Gasteiger charge is -2.08. The van der Waals surface area contributed by atoms with Gasteiger partial charge in [0.1, 0.15) is 0 Å². The molecule has 0 bridgehead atoms. The fourth-order valence-corrected chi connectivity index (χ4v) is 2.69. The molecule has 0 amide bonds. The smallest absolute Gasteiger partial charge is 0.0516 e. The first-order valence-electron chi connectivity index (χ1n) is 4.88. The molecule has 0 saturated carbocycles. The molecule has 0 spiro atoms. The summed E-state index contributed by atoms with van der Waals surface area (Å²) in [4.78, 5) is 1.22. The first kappa shape index (κ1) is 11.8. The van der Waals surface area contributed by atoms with Gasteiger partial charge in [0.15, 0.2) is 0 Å². The molecule has 1 nitrogen and oxygen atoms in total. The monoisotopic (exact) mass is 271 g/mol. The van der Waals surface area contributed by atoms with Gasteiger partial charge in [-0.3, -0.25) is 0 Å². The largest absolute Gasteiger partial charge is 0.380 e. The second kappa shape index (κ2) is 5.09. The van der Waals surface area contributed by atoms with Crippen LogP contribution in [0.3, 0.4) is 0 Å². The van der Waals surface area contributed by atoms with Crippen LogP contribution in [0.1, 0.15) is 10.4 Å². The fourth-order valence-electron chi connectivity index (χ4n) is 1.45. The van der Waals surface area contributed by atoms with Crippen LogP contribution in [0.5, 0.6) is 0 Å². The zero-order valence-corrected chi connectivity index (χ0v) is 11.1. The van der Waals surface area contributed by atoms with Crippen molar-refractivity contribution in [3.63, 3.8) is 0 Å². The summed E-state index contributed by atoms with van der Waals surface area (Å²) in [6.07, 6.45) is 0. The molecule has 1 N–H and O–H groups in total. The Kier molecular flexibility index (Phi) is 3.74. The van der Waals surface area contributed by atoms with Crippen molar-refractivity contribution in [1.82, 2.24) is 0 Å². The lowest BCUT2D eigenvalue weighted by Crippen LogP contribution is -1.98. The molecule has 0 aliphatic rings. The Morgan fingerprint density at radius 2 is 2.00 bits per heavy atom. The van der Waals surface area contributed by atoms with Gasteiger partial charge in [0.05, 0.1) is 5.02 Å². The highest BCUT2D eigenvalue weighted by Crippen LogP contribution is 2.23. The van der Waals surface area contributed by atoms with E-state index in [0.29, 0.717) is 0 Å². The van der Waals surface area contributed by atoms with Gasteiger partial charge in [-0.15, -0.1) is 11.3 Å². The van der Waals surface area contributed by atoms with Crippen LogP contribution in [-0.4, -0.2) is 0 Å². The Bertz CT molecular complexity index is 494. The van der Waals surface area contributed by atoms with Crippen molar-refractivity contribution in [2.24, 2.45) is 0 Å². The summed E-state index contributed by atoms with van der Waals surface area (Å²) in [5.74, 6) is 0. The third-order valence-electron chi connectivity index (χ3n) is 2.26. The van der Waals surface area contributed by atoms with Crippen LogP contribution in [0, 0.1) is 6.92 Å². The number of hydrogen-bond donors (Lipinski definition) is 1. The third-order valence-corrected chi connectivity index (χ3v) is 3.78. The van der Waals surface area contributed by atoms with Gasteiger partial charge in [0.25, 0.3) is 0 Å². The standard InChI is InChI=1S/C12H11Cl2NS/c1-8-4-9(13)2-3-12(8)15-6-11-5-10(14)7-16-11/h2-5,7,15H,6H2,1H3. The van der Waals surface area contributed by atoms with Crippen LogP contribution in [0.2, 0.25) is 10.0 Å². The van der Waals surface area contributed by atoms with Crippen molar-refractivity contribution < 1.29 is 0 Å².